The van der Waals surface area contributed by atoms with Gasteiger partial charge in [0.25, 0.3) is 0 Å². The Bertz CT molecular complexity index is 1000. The van der Waals surface area contributed by atoms with Crippen LogP contribution in [0, 0.1) is 5.92 Å². The molecule has 1 fully saturated rings. The van der Waals surface area contributed by atoms with E-state index in [-0.39, 0.29) is 29.9 Å². The fraction of sp³-hybridized carbons (Fsp3) is 0.318. The molecule has 0 unspecified atom stereocenters. The van der Waals surface area contributed by atoms with E-state index in [0.717, 1.165) is 0 Å². The van der Waals surface area contributed by atoms with Crippen LogP contribution in [0.25, 0.3) is 0 Å². The largest absolute Gasteiger partial charge is 0.435 e. The minimum absolute atomic E-state index is 0.0219. The summed E-state index contributed by atoms with van der Waals surface area (Å²) in [7, 11) is 0. The van der Waals surface area contributed by atoms with E-state index in [4.69, 9.17) is 11.6 Å². The second-order valence-electron chi connectivity index (χ2n) is 7.48. The zero-order valence-electron chi connectivity index (χ0n) is 17.4. The SMILES string of the molecule is CC(C)CN1C(=O)[C@@H](CC(=O)Nc2cccc(Cl)c2)SC1=Nc1ccc(OC(F)F)cc1. The topological polar surface area (TPSA) is 71.0 Å². The van der Waals surface area contributed by atoms with Crippen molar-refractivity contribution in [3.8, 4) is 5.75 Å². The van der Waals surface area contributed by atoms with Gasteiger partial charge in [0, 0.05) is 23.7 Å². The number of ether oxygens (including phenoxy) is 1. The molecule has 10 heteroatoms. The highest BCUT2D eigenvalue weighted by Gasteiger charge is 2.39. The van der Waals surface area contributed by atoms with E-state index in [1.165, 1.54) is 36.0 Å². The van der Waals surface area contributed by atoms with E-state index < -0.39 is 11.9 Å². The molecule has 0 saturated carbocycles. The Hall–Kier alpha value is -2.65. The van der Waals surface area contributed by atoms with Gasteiger partial charge in [-0.05, 0) is 48.4 Å². The normalized spacial score (nSPS) is 17.5. The van der Waals surface area contributed by atoms with Crippen molar-refractivity contribution in [2.45, 2.75) is 32.1 Å². The van der Waals surface area contributed by atoms with E-state index >= 15 is 0 Å². The van der Waals surface area contributed by atoms with Crippen LogP contribution < -0.4 is 10.1 Å². The summed E-state index contributed by atoms with van der Waals surface area (Å²) >= 11 is 7.15. The minimum atomic E-state index is -2.91. The molecule has 2 aromatic rings. The summed E-state index contributed by atoms with van der Waals surface area (Å²) in [6, 6.07) is 12.6. The predicted molar refractivity (Wildman–Crippen MR) is 123 cm³/mol. The second-order valence-corrected chi connectivity index (χ2v) is 9.08. The van der Waals surface area contributed by atoms with Gasteiger partial charge in [0.05, 0.1) is 5.69 Å². The van der Waals surface area contributed by atoms with Crippen LogP contribution in [-0.4, -0.2) is 40.3 Å². The van der Waals surface area contributed by atoms with Gasteiger partial charge in [-0.15, -0.1) is 0 Å². The molecule has 1 aliphatic heterocycles. The average Bonchev–Trinajstić information content (AvgIpc) is 2.97. The Labute approximate surface area is 194 Å². The molecule has 0 aliphatic carbocycles. The first-order chi connectivity index (χ1) is 15.2. The number of hydrogen-bond donors (Lipinski definition) is 1. The molecule has 0 aromatic heterocycles. The number of anilines is 1. The zero-order valence-corrected chi connectivity index (χ0v) is 19.0. The zero-order chi connectivity index (χ0) is 23.3. The maximum Gasteiger partial charge on any atom is 0.387 e. The summed E-state index contributed by atoms with van der Waals surface area (Å²) in [5.41, 5.74) is 1.04. The highest BCUT2D eigenvalue weighted by Crippen LogP contribution is 2.33. The van der Waals surface area contributed by atoms with Crippen LogP contribution in [0.1, 0.15) is 20.3 Å². The molecule has 1 aliphatic rings. The van der Waals surface area contributed by atoms with Gasteiger partial charge in [-0.3, -0.25) is 14.5 Å². The van der Waals surface area contributed by atoms with Crippen molar-refractivity contribution < 1.29 is 23.1 Å². The third-order valence-corrected chi connectivity index (χ3v) is 5.74. The summed E-state index contributed by atoms with van der Waals surface area (Å²) in [5.74, 6) is -0.294. The van der Waals surface area contributed by atoms with Crippen molar-refractivity contribution in [1.29, 1.82) is 0 Å². The molecular formula is C22H22ClF2N3O3S. The molecule has 0 radical (unpaired) electrons. The van der Waals surface area contributed by atoms with E-state index in [1.807, 2.05) is 13.8 Å². The van der Waals surface area contributed by atoms with Gasteiger partial charge in [-0.1, -0.05) is 43.3 Å². The first-order valence-electron chi connectivity index (χ1n) is 9.88. The third-order valence-electron chi connectivity index (χ3n) is 4.33. The number of rotatable bonds is 8. The molecule has 0 bridgehead atoms. The number of halogens is 3. The monoisotopic (exact) mass is 481 g/mol. The molecule has 3 rings (SSSR count). The van der Waals surface area contributed by atoms with Crippen molar-refractivity contribution in [3.05, 3.63) is 53.6 Å². The minimum Gasteiger partial charge on any atom is -0.435 e. The van der Waals surface area contributed by atoms with Crippen molar-refractivity contribution in [3.63, 3.8) is 0 Å². The summed E-state index contributed by atoms with van der Waals surface area (Å²) in [6.45, 7) is 1.50. The van der Waals surface area contributed by atoms with Crippen molar-refractivity contribution >= 4 is 51.7 Å². The van der Waals surface area contributed by atoms with Gasteiger partial charge < -0.3 is 10.1 Å². The lowest BCUT2D eigenvalue weighted by atomic mass is 10.2. The Morgan fingerprint density at radius 3 is 2.59 bits per heavy atom. The Morgan fingerprint density at radius 1 is 1.25 bits per heavy atom. The quantitative estimate of drug-likeness (QED) is 0.536. The van der Waals surface area contributed by atoms with Gasteiger partial charge in [0.1, 0.15) is 11.0 Å². The van der Waals surface area contributed by atoms with Crippen LogP contribution in [0.15, 0.2) is 53.5 Å². The van der Waals surface area contributed by atoms with E-state index in [0.29, 0.717) is 28.1 Å². The maximum absolute atomic E-state index is 13.0. The number of carbonyl (C=O) groups is 2. The first kappa shape index (κ1) is 24.0. The van der Waals surface area contributed by atoms with Crippen LogP contribution in [0.4, 0.5) is 20.2 Å². The Kier molecular flexibility index (Phi) is 8.09. The Morgan fingerprint density at radius 2 is 1.97 bits per heavy atom. The number of aliphatic imine (C=N–C) groups is 1. The lowest BCUT2D eigenvalue weighted by molar-refractivity contribution is -0.128. The number of alkyl halides is 2. The summed E-state index contributed by atoms with van der Waals surface area (Å²) in [4.78, 5) is 31.5. The molecule has 32 heavy (non-hydrogen) atoms. The summed E-state index contributed by atoms with van der Waals surface area (Å²) in [5, 5.41) is 3.09. The van der Waals surface area contributed by atoms with Crippen LogP contribution in [0.3, 0.4) is 0 Å². The fourth-order valence-electron chi connectivity index (χ4n) is 3.02. The number of carbonyl (C=O) groups excluding carboxylic acids is 2. The van der Waals surface area contributed by atoms with Gasteiger partial charge in [-0.25, -0.2) is 4.99 Å². The standard InChI is InChI=1S/C22H22ClF2N3O3S/c1-13(2)12-28-20(30)18(11-19(29)26-16-5-3-4-14(23)10-16)32-22(28)27-15-6-8-17(9-7-15)31-21(24)25/h3-10,13,18,21H,11-12H2,1-2H3,(H,26,29)/t18-/m1/s1. The van der Waals surface area contributed by atoms with E-state index in [9.17, 15) is 18.4 Å². The number of benzene rings is 2. The lowest BCUT2D eigenvalue weighted by Gasteiger charge is -2.18. The van der Waals surface area contributed by atoms with E-state index in [2.05, 4.69) is 15.0 Å². The first-order valence-corrected chi connectivity index (χ1v) is 11.1. The fourth-order valence-corrected chi connectivity index (χ4v) is 4.37. The number of nitrogens with one attached hydrogen (secondary N) is 1. The molecule has 0 spiro atoms. The third kappa shape index (κ3) is 6.67. The lowest BCUT2D eigenvalue weighted by Crippen LogP contribution is -2.36. The molecule has 2 aromatic carbocycles. The molecule has 1 N–H and O–H groups in total. The molecule has 6 nitrogen and oxygen atoms in total. The molecule has 1 atom stereocenters. The number of hydrogen-bond acceptors (Lipinski definition) is 5. The number of thioether (sulfide) groups is 1. The van der Waals surface area contributed by atoms with Crippen LogP contribution in [0.5, 0.6) is 5.75 Å². The summed E-state index contributed by atoms with van der Waals surface area (Å²) in [6.07, 6.45) is -0.0230. The number of nitrogens with zero attached hydrogens (tertiary/aromatic N) is 2. The number of amidine groups is 1. The second kappa shape index (κ2) is 10.8. The van der Waals surface area contributed by atoms with Crippen molar-refractivity contribution in [2.75, 3.05) is 11.9 Å². The molecule has 1 heterocycles. The highest BCUT2D eigenvalue weighted by atomic mass is 35.5. The molecule has 1 saturated heterocycles. The average molecular weight is 482 g/mol. The predicted octanol–water partition coefficient (Wildman–Crippen LogP) is 5.56. The molecular weight excluding hydrogens is 460 g/mol. The molecule has 170 valence electrons. The van der Waals surface area contributed by atoms with Gasteiger partial charge >= 0.3 is 6.61 Å². The van der Waals surface area contributed by atoms with Crippen molar-refractivity contribution in [2.24, 2.45) is 10.9 Å². The van der Waals surface area contributed by atoms with Crippen LogP contribution in [0.2, 0.25) is 5.02 Å². The Balaban J connectivity index is 1.73. The van der Waals surface area contributed by atoms with Gasteiger partial charge in [0.15, 0.2) is 5.17 Å². The van der Waals surface area contributed by atoms with Crippen LogP contribution in [-0.2, 0) is 9.59 Å². The smallest absolute Gasteiger partial charge is 0.387 e. The number of amides is 2. The van der Waals surface area contributed by atoms with Crippen LogP contribution >= 0.6 is 23.4 Å². The maximum atomic E-state index is 13.0. The van der Waals surface area contributed by atoms with Crippen molar-refractivity contribution in [1.82, 2.24) is 4.90 Å². The molecule has 2 amide bonds. The van der Waals surface area contributed by atoms with Gasteiger partial charge in [0.2, 0.25) is 11.8 Å². The van der Waals surface area contributed by atoms with Gasteiger partial charge in [-0.2, -0.15) is 8.78 Å². The highest BCUT2D eigenvalue weighted by molar-refractivity contribution is 8.15. The summed E-state index contributed by atoms with van der Waals surface area (Å²) < 4.78 is 29.0. The van der Waals surface area contributed by atoms with E-state index in [1.54, 1.807) is 29.2 Å².